The van der Waals surface area contributed by atoms with Crippen LogP contribution in [-0.2, 0) is 4.79 Å². The molecular formula is C20H26N2O4. The van der Waals surface area contributed by atoms with E-state index in [2.05, 4.69) is 16.7 Å². The minimum Gasteiger partial charge on any atom is -0.493 e. The number of rotatable bonds is 10. The average Bonchev–Trinajstić information content (AvgIpc) is 3.16. The van der Waals surface area contributed by atoms with Crippen molar-refractivity contribution in [3.63, 3.8) is 0 Å². The van der Waals surface area contributed by atoms with Gasteiger partial charge in [0.05, 0.1) is 12.9 Å². The van der Waals surface area contributed by atoms with E-state index in [-0.39, 0.29) is 17.6 Å². The van der Waals surface area contributed by atoms with E-state index in [1.807, 2.05) is 26.0 Å². The second-order valence-corrected chi connectivity index (χ2v) is 6.16. The van der Waals surface area contributed by atoms with E-state index in [1.54, 1.807) is 12.1 Å². The molecular weight excluding hydrogens is 332 g/mol. The van der Waals surface area contributed by atoms with Crippen molar-refractivity contribution in [1.29, 1.82) is 0 Å². The molecule has 1 aromatic carbocycles. The molecule has 0 radical (unpaired) electrons. The Morgan fingerprint density at radius 3 is 2.65 bits per heavy atom. The predicted octanol–water partition coefficient (Wildman–Crippen LogP) is 2.99. The lowest BCUT2D eigenvalue weighted by atomic mass is 10.1. The molecule has 2 aromatic rings. The number of nitrogens with one attached hydrogen (secondary N) is 2. The normalized spacial score (nSPS) is 10.4. The summed E-state index contributed by atoms with van der Waals surface area (Å²) in [6.45, 7) is 5.41. The first-order valence-corrected chi connectivity index (χ1v) is 8.84. The minimum atomic E-state index is -0.284. The lowest BCUT2D eigenvalue weighted by Gasteiger charge is -2.10. The second kappa shape index (κ2) is 10.3. The Morgan fingerprint density at radius 2 is 1.88 bits per heavy atom. The fourth-order valence-corrected chi connectivity index (χ4v) is 2.39. The van der Waals surface area contributed by atoms with E-state index in [1.165, 1.54) is 11.8 Å². The molecule has 6 nitrogen and oxygen atoms in total. The van der Waals surface area contributed by atoms with Crippen molar-refractivity contribution >= 4 is 11.8 Å². The van der Waals surface area contributed by atoms with E-state index in [0.29, 0.717) is 26.1 Å². The van der Waals surface area contributed by atoms with Gasteiger partial charge in [-0.1, -0.05) is 12.1 Å². The summed E-state index contributed by atoms with van der Waals surface area (Å²) in [4.78, 5) is 23.4. The van der Waals surface area contributed by atoms with Crippen LogP contribution in [0.25, 0.3) is 0 Å². The fourth-order valence-electron chi connectivity index (χ4n) is 2.39. The van der Waals surface area contributed by atoms with Crippen LogP contribution in [0.5, 0.6) is 5.75 Å². The third-order valence-corrected chi connectivity index (χ3v) is 3.88. The molecule has 0 unspecified atom stereocenters. The number of carbonyl (C=O) groups excluding carboxylic acids is 2. The highest BCUT2D eigenvalue weighted by Gasteiger charge is 2.07. The molecule has 2 amide bonds. The summed E-state index contributed by atoms with van der Waals surface area (Å²) in [6.07, 6.45) is 3.47. The highest BCUT2D eigenvalue weighted by molar-refractivity contribution is 5.91. The van der Waals surface area contributed by atoms with Gasteiger partial charge in [0.25, 0.3) is 5.91 Å². The van der Waals surface area contributed by atoms with Gasteiger partial charge in [0.15, 0.2) is 5.76 Å². The van der Waals surface area contributed by atoms with Crippen LogP contribution in [0.4, 0.5) is 0 Å². The maximum atomic E-state index is 11.8. The summed E-state index contributed by atoms with van der Waals surface area (Å²) in [6, 6.07) is 9.38. The van der Waals surface area contributed by atoms with Crippen molar-refractivity contribution in [2.45, 2.75) is 33.1 Å². The Hall–Kier alpha value is -2.76. The van der Waals surface area contributed by atoms with Crippen LogP contribution >= 0.6 is 0 Å². The third kappa shape index (κ3) is 6.63. The first kappa shape index (κ1) is 19.6. The monoisotopic (exact) mass is 358 g/mol. The van der Waals surface area contributed by atoms with Gasteiger partial charge in [0, 0.05) is 19.5 Å². The Balaban J connectivity index is 1.51. The van der Waals surface area contributed by atoms with Gasteiger partial charge in [0.2, 0.25) is 5.91 Å². The molecule has 140 valence electrons. The van der Waals surface area contributed by atoms with Crippen LogP contribution in [0, 0.1) is 13.8 Å². The summed E-state index contributed by atoms with van der Waals surface area (Å²) in [5, 5.41) is 5.46. The molecule has 26 heavy (non-hydrogen) atoms. The maximum Gasteiger partial charge on any atom is 0.287 e. The number of furan rings is 1. The number of unbranched alkanes of at least 4 members (excludes halogenated alkanes) is 1. The molecule has 0 aliphatic heterocycles. The first-order chi connectivity index (χ1) is 12.6. The molecule has 6 heteroatoms. The number of benzene rings is 1. The smallest absolute Gasteiger partial charge is 0.287 e. The van der Waals surface area contributed by atoms with Crippen molar-refractivity contribution < 1.29 is 18.7 Å². The number of hydrogen-bond acceptors (Lipinski definition) is 4. The SMILES string of the molecule is Cc1ccc(C)c(OCCCCC(=O)NCCNC(=O)c2ccco2)c1. The van der Waals surface area contributed by atoms with Crippen molar-refractivity contribution in [1.82, 2.24) is 10.6 Å². The molecule has 2 N–H and O–H groups in total. The molecule has 2 rings (SSSR count). The van der Waals surface area contributed by atoms with Crippen molar-refractivity contribution in [3.8, 4) is 5.75 Å². The van der Waals surface area contributed by atoms with Crippen molar-refractivity contribution in [2.24, 2.45) is 0 Å². The Kier molecular flexibility index (Phi) is 7.74. The van der Waals surface area contributed by atoms with E-state index in [4.69, 9.17) is 9.15 Å². The quantitative estimate of drug-likeness (QED) is 0.640. The maximum absolute atomic E-state index is 11.8. The van der Waals surface area contributed by atoms with Crippen LogP contribution in [0.15, 0.2) is 41.0 Å². The van der Waals surface area contributed by atoms with Gasteiger partial charge in [-0.05, 0) is 56.0 Å². The van der Waals surface area contributed by atoms with E-state index in [9.17, 15) is 9.59 Å². The summed E-state index contributed by atoms with van der Waals surface area (Å²) in [7, 11) is 0. The van der Waals surface area contributed by atoms with E-state index in [0.717, 1.165) is 24.2 Å². The number of carbonyl (C=O) groups is 2. The van der Waals surface area contributed by atoms with E-state index >= 15 is 0 Å². The molecule has 1 heterocycles. The lowest BCUT2D eigenvalue weighted by Crippen LogP contribution is -2.34. The number of amides is 2. The first-order valence-electron chi connectivity index (χ1n) is 8.84. The highest BCUT2D eigenvalue weighted by atomic mass is 16.5. The zero-order valence-electron chi connectivity index (χ0n) is 15.3. The van der Waals surface area contributed by atoms with Gasteiger partial charge in [-0.25, -0.2) is 0 Å². The molecule has 1 aromatic heterocycles. The van der Waals surface area contributed by atoms with Crippen molar-refractivity contribution in [2.75, 3.05) is 19.7 Å². The van der Waals surface area contributed by atoms with Crippen LogP contribution in [0.1, 0.15) is 40.9 Å². The fraction of sp³-hybridized carbons (Fsp3) is 0.400. The highest BCUT2D eigenvalue weighted by Crippen LogP contribution is 2.19. The van der Waals surface area contributed by atoms with Gasteiger partial charge < -0.3 is 19.8 Å². The summed E-state index contributed by atoms with van der Waals surface area (Å²) in [5.41, 5.74) is 2.29. The Labute approximate surface area is 153 Å². The summed E-state index contributed by atoms with van der Waals surface area (Å²) < 4.78 is 10.8. The van der Waals surface area contributed by atoms with Crippen LogP contribution in [-0.4, -0.2) is 31.5 Å². The molecule has 0 fully saturated rings. The average molecular weight is 358 g/mol. The Bertz CT molecular complexity index is 711. The molecule has 0 aliphatic rings. The lowest BCUT2D eigenvalue weighted by molar-refractivity contribution is -0.121. The number of aryl methyl sites for hydroxylation is 2. The van der Waals surface area contributed by atoms with E-state index < -0.39 is 0 Å². The van der Waals surface area contributed by atoms with Crippen LogP contribution in [0.2, 0.25) is 0 Å². The predicted molar refractivity (Wildman–Crippen MR) is 99.3 cm³/mol. The molecule has 0 spiro atoms. The minimum absolute atomic E-state index is 0.0241. The largest absolute Gasteiger partial charge is 0.493 e. The van der Waals surface area contributed by atoms with Crippen LogP contribution < -0.4 is 15.4 Å². The van der Waals surface area contributed by atoms with Gasteiger partial charge in [-0.3, -0.25) is 9.59 Å². The summed E-state index contributed by atoms with van der Waals surface area (Å²) >= 11 is 0. The molecule has 0 bridgehead atoms. The van der Waals surface area contributed by atoms with Gasteiger partial charge in [0.1, 0.15) is 5.75 Å². The Morgan fingerprint density at radius 1 is 1.08 bits per heavy atom. The number of ether oxygens (including phenoxy) is 1. The van der Waals surface area contributed by atoms with Crippen molar-refractivity contribution in [3.05, 3.63) is 53.5 Å². The van der Waals surface area contributed by atoms with Gasteiger partial charge in [-0.2, -0.15) is 0 Å². The van der Waals surface area contributed by atoms with Gasteiger partial charge >= 0.3 is 0 Å². The molecule has 0 atom stereocenters. The molecule has 0 saturated carbocycles. The van der Waals surface area contributed by atoms with Crippen LogP contribution in [0.3, 0.4) is 0 Å². The molecule has 0 saturated heterocycles. The summed E-state index contributed by atoms with van der Waals surface area (Å²) in [5.74, 6) is 0.860. The zero-order valence-corrected chi connectivity index (χ0v) is 15.3. The second-order valence-electron chi connectivity index (χ2n) is 6.16. The zero-order chi connectivity index (χ0) is 18.8. The van der Waals surface area contributed by atoms with Gasteiger partial charge in [-0.15, -0.1) is 0 Å². The molecule has 0 aliphatic carbocycles. The topological polar surface area (TPSA) is 80.6 Å². The third-order valence-electron chi connectivity index (χ3n) is 3.88. The standard InChI is InChI=1S/C20H26N2O4/c1-15-8-9-16(2)18(14-15)26-12-4-3-7-19(23)21-10-11-22-20(24)17-6-5-13-25-17/h5-6,8-9,13-14H,3-4,7,10-12H2,1-2H3,(H,21,23)(H,22,24). The number of hydrogen-bond donors (Lipinski definition) is 2.